The SMILES string of the molecule is Cc1nc2ccc(Br)cc2c(=O)n1N=Cc1ccccc1OCC(=O)N1CCOCC1. The van der Waals surface area contributed by atoms with Gasteiger partial charge in [-0.05, 0) is 37.3 Å². The first-order valence-corrected chi connectivity index (χ1v) is 10.6. The summed E-state index contributed by atoms with van der Waals surface area (Å²) in [5, 5.41) is 4.81. The van der Waals surface area contributed by atoms with Crippen LogP contribution in [0.2, 0.25) is 0 Å². The van der Waals surface area contributed by atoms with Gasteiger partial charge in [0.2, 0.25) is 0 Å². The smallest absolute Gasteiger partial charge is 0.282 e. The number of fused-ring (bicyclic) bond motifs is 1. The van der Waals surface area contributed by atoms with E-state index in [1.807, 2.05) is 24.3 Å². The minimum atomic E-state index is -0.263. The topological polar surface area (TPSA) is 86.0 Å². The van der Waals surface area contributed by atoms with Gasteiger partial charge < -0.3 is 14.4 Å². The predicted molar refractivity (Wildman–Crippen MR) is 121 cm³/mol. The molecule has 1 aliphatic rings. The van der Waals surface area contributed by atoms with Crippen molar-refractivity contribution >= 4 is 39.0 Å². The number of amides is 1. The molecule has 31 heavy (non-hydrogen) atoms. The van der Waals surface area contributed by atoms with Gasteiger partial charge in [-0.25, -0.2) is 4.98 Å². The minimum absolute atomic E-state index is 0.0740. The zero-order valence-corrected chi connectivity index (χ0v) is 18.5. The molecule has 8 nitrogen and oxygen atoms in total. The Bertz CT molecular complexity index is 1200. The van der Waals surface area contributed by atoms with Crippen LogP contribution in [-0.4, -0.2) is 59.6 Å². The molecule has 0 N–H and O–H groups in total. The van der Waals surface area contributed by atoms with Crippen molar-refractivity contribution in [1.82, 2.24) is 14.6 Å². The van der Waals surface area contributed by atoms with E-state index in [0.717, 1.165) is 4.47 Å². The van der Waals surface area contributed by atoms with Crippen LogP contribution in [0.3, 0.4) is 0 Å². The fraction of sp³-hybridized carbons (Fsp3) is 0.273. The van der Waals surface area contributed by atoms with Gasteiger partial charge in [-0.15, -0.1) is 0 Å². The second-order valence-corrected chi connectivity index (χ2v) is 7.92. The van der Waals surface area contributed by atoms with Crippen molar-refractivity contribution in [2.24, 2.45) is 5.10 Å². The molecule has 4 rings (SSSR count). The van der Waals surface area contributed by atoms with Gasteiger partial charge >= 0.3 is 0 Å². The molecule has 9 heteroatoms. The first-order chi connectivity index (χ1) is 15.0. The van der Waals surface area contributed by atoms with Crippen LogP contribution in [0.5, 0.6) is 5.75 Å². The predicted octanol–water partition coefficient (Wildman–Crippen LogP) is 2.59. The Balaban J connectivity index is 1.56. The number of ether oxygens (including phenoxy) is 2. The Labute approximate surface area is 187 Å². The lowest BCUT2D eigenvalue weighted by atomic mass is 10.2. The molecule has 1 amide bonds. The quantitative estimate of drug-likeness (QED) is 0.519. The van der Waals surface area contributed by atoms with Crippen molar-refractivity contribution in [3.8, 4) is 5.75 Å². The lowest BCUT2D eigenvalue weighted by molar-refractivity contribution is -0.137. The zero-order valence-electron chi connectivity index (χ0n) is 17.0. The third-order valence-electron chi connectivity index (χ3n) is 4.92. The van der Waals surface area contributed by atoms with Crippen molar-refractivity contribution in [2.45, 2.75) is 6.92 Å². The maximum atomic E-state index is 12.9. The fourth-order valence-corrected chi connectivity index (χ4v) is 3.64. The molecule has 160 valence electrons. The number of hydrogen-bond acceptors (Lipinski definition) is 6. The molecule has 0 saturated carbocycles. The summed E-state index contributed by atoms with van der Waals surface area (Å²) in [6, 6.07) is 12.6. The van der Waals surface area contributed by atoms with Crippen LogP contribution in [0.25, 0.3) is 10.9 Å². The van der Waals surface area contributed by atoms with E-state index in [4.69, 9.17) is 9.47 Å². The molecule has 2 heterocycles. The summed E-state index contributed by atoms with van der Waals surface area (Å²) < 4.78 is 13.1. The molecule has 2 aromatic carbocycles. The summed E-state index contributed by atoms with van der Waals surface area (Å²) in [4.78, 5) is 31.4. The zero-order chi connectivity index (χ0) is 21.8. The van der Waals surface area contributed by atoms with E-state index in [0.29, 0.717) is 54.3 Å². The molecule has 1 aromatic heterocycles. The number of halogens is 1. The number of rotatable bonds is 5. The molecule has 0 atom stereocenters. The van der Waals surface area contributed by atoms with E-state index < -0.39 is 0 Å². The largest absolute Gasteiger partial charge is 0.483 e. The van der Waals surface area contributed by atoms with Crippen LogP contribution in [-0.2, 0) is 9.53 Å². The number of hydrogen-bond donors (Lipinski definition) is 0. The number of morpholine rings is 1. The summed E-state index contributed by atoms with van der Waals surface area (Å²) >= 11 is 3.38. The van der Waals surface area contributed by atoms with Crippen molar-refractivity contribution in [3.63, 3.8) is 0 Å². The van der Waals surface area contributed by atoms with Gasteiger partial charge in [-0.1, -0.05) is 28.1 Å². The second-order valence-electron chi connectivity index (χ2n) is 7.00. The van der Waals surface area contributed by atoms with Gasteiger partial charge in [-0.3, -0.25) is 9.59 Å². The third kappa shape index (κ3) is 4.83. The van der Waals surface area contributed by atoms with Crippen LogP contribution in [0, 0.1) is 6.92 Å². The molecule has 1 saturated heterocycles. The Morgan fingerprint density at radius 2 is 2.03 bits per heavy atom. The molecule has 0 radical (unpaired) electrons. The maximum Gasteiger partial charge on any atom is 0.282 e. The molecule has 0 aliphatic carbocycles. The summed E-state index contributed by atoms with van der Waals surface area (Å²) in [7, 11) is 0. The molecule has 1 fully saturated rings. The standard InChI is InChI=1S/C22H21BrN4O4/c1-15-25-19-7-6-17(23)12-18(19)22(29)27(15)24-13-16-4-2-3-5-20(16)31-14-21(28)26-8-10-30-11-9-26/h2-7,12-13H,8-11,14H2,1H3. The number of carbonyl (C=O) groups is 1. The molecule has 0 unspecified atom stereocenters. The fourth-order valence-electron chi connectivity index (χ4n) is 3.28. The van der Waals surface area contributed by atoms with Crippen LogP contribution >= 0.6 is 15.9 Å². The summed E-state index contributed by atoms with van der Waals surface area (Å²) in [5.74, 6) is 0.887. The average molecular weight is 485 g/mol. The lowest BCUT2D eigenvalue weighted by Gasteiger charge is -2.26. The van der Waals surface area contributed by atoms with Gasteiger partial charge in [0.25, 0.3) is 11.5 Å². The Kier molecular flexibility index (Phi) is 6.43. The monoisotopic (exact) mass is 484 g/mol. The first-order valence-electron chi connectivity index (χ1n) is 9.83. The maximum absolute atomic E-state index is 12.9. The summed E-state index contributed by atoms with van der Waals surface area (Å²) in [6.07, 6.45) is 1.54. The third-order valence-corrected chi connectivity index (χ3v) is 5.41. The van der Waals surface area contributed by atoms with E-state index in [2.05, 4.69) is 26.0 Å². The lowest BCUT2D eigenvalue weighted by Crippen LogP contribution is -2.43. The van der Waals surface area contributed by atoms with Gasteiger partial charge in [0.05, 0.1) is 30.3 Å². The van der Waals surface area contributed by atoms with E-state index in [-0.39, 0.29) is 18.1 Å². The second kappa shape index (κ2) is 9.40. The highest BCUT2D eigenvalue weighted by atomic mass is 79.9. The Morgan fingerprint density at radius 3 is 2.84 bits per heavy atom. The molecule has 3 aromatic rings. The van der Waals surface area contributed by atoms with Gasteiger partial charge in [0, 0.05) is 23.1 Å². The highest BCUT2D eigenvalue weighted by Gasteiger charge is 2.17. The minimum Gasteiger partial charge on any atom is -0.483 e. The van der Waals surface area contributed by atoms with Gasteiger partial charge in [0.1, 0.15) is 11.6 Å². The first kappa shape index (κ1) is 21.2. The highest BCUT2D eigenvalue weighted by molar-refractivity contribution is 9.10. The van der Waals surface area contributed by atoms with Gasteiger partial charge in [-0.2, -0.15) is 9.78 Å². The van der Waals surface area contributed by atoms with Crippen molar-refractivity contribution < 1.29 is 14.3 Å². The van der Waals surface area contributed by atoms with Crippen LogP contribution in [0.1, 0.15) is 11.4 Å². The molecule has 1 aliphatic heterocycles. The highest BCUT2D eigenvalue weighted by Crippen LogP contribution is 2.18. The van der Waals surface area contributed by atoms with Crippen LogP contribution in [0.15, 0.2) is 56.8 Å². The van der Waals surface area contributed by atoms with E-state index in [1.165, 1.54) is 10.9 Å². The number of carbonyl (C=O) groups excluding carboxylic acids is 1. The van der Waals surface area contributed by atoms with Crippen LogP contribution in [0.4, 0.5) is 0 Å². The Hall–Kier alpha value is -3.04. The molecular formula is C22H21BrN4O4. The summed E-state index contributed by atoms with van der Waals surface area (Å²) in [6.45, 7) is 3.87. The number of aromatic nitrogens is 2. The number of nitrogens with zero attached hydrogens (tertiary/aromatic N) is 4. The number of benzene rings is 2. The molecule has 0 spiro atoms. The normalized spacial score (nSPS) is 14.3. The molecule has 0 bridgehead atoms. The van der Waals surface area contributed by atoms with Crippen molar-refractivity contribution in [1.29, 1.82) is 0 Å². The van der Waals surface area contributed by atoms with E-state index >= 15 is 0 Å². The van der Waals surface area contributed by atoms with Crippen LogP contribution < -0.4 is 10.3 Å². The summed E-state index contributed by atoms with van der Waals surface area (Å²) in [5.41, 5.74) is 1.00. The van der Waals surface area contributed by atoms with E-state index in [1.54, 1.807) is 30.0 Å². The number of para-hydroxylation sites is 1. The Morgan fingerprint density at radius 1 is 1.26 bits per heavy atom. The molecular weight excluding hydrogens is 464 g/mol. The van der Waals surface area contributed by atoms with E-state index in [9.17, 15) is 9.59 Å². The van der Waals surface area contributed by atoms with Gasteiger partial charge in [0.15, 0.2) is 6.61 Å². The number of aryl methyl sites for hydroxylation is 1. The average Bonchev–Trinajstić information content (AvgIpc) is 2.79. The van der Waals surface area contributed by atoms with Crippen molar-refractivity contribution in [3.05, 3.63) is 68.7 Å². The van der Waals surface area contributed by atoms with Crippen molar-refractivity contribution in [2.75, 3.05) is 32.9 Å².